The van der Waals surface area contributed by atoms with Crippen molar-refractivity contribution < 1.29 is 28.9 Å². The lowest BCUT2D eigenvalue weighted by molar-refractivity contribution is -0.118. The van der Waals surface area contributed by atoms with Crippen molar-refractivity contribution in [2.45, 2.75) is 33.2 Å². The molecule has 4 aromatic rings. The average molecular weight is 552 g/mol. The highest BCUT2D eigenvalue weighted by Gasteiger charge is 2.20. The second-order valence-electron chi connectivity index (χ2n) is 8.59. The van der Waals surface area contributed by atoms with Gasteiger partial charge in [-0.05, 0) is 61.4 Å². The Balaban J connectivity index is 0.000000631. The van der Waals surface area contributed by atoms with Gasteiger partial charge >= 0.3 is 5.97 Å². The molecule has 39 heavy (non-hydrogen) atoms. The Morgan fingerprint density at radius 3 is 2.23 bits per heavy atom. The van der Waals surface area contributed by atoms with Crippen LogP contribution in [-0.4, -0.2) is 47.9 Å². The van der Waals surface area contributed by atoms with Gasteiger partial charge in [-0.25, -0.2) is 9.78 Å². The van der Waals surface area contributed by atoms with Crippen molar-refractivity contribution in [3.63, 3.8) is 0 Å². The number of carbonyl (C=O) groups is 2. The number of nitrogens with two attached hydrogens (primary N) is 1. The molecule has 0 bridgehead atoms. The number of hydrogen-bond acceptors (Lipinski definition) is 7. The molecule has 1 amide bonds. The van der Waals surface area contributed by atoms with Gasteiger partial charge in [-0.15, -0.1) is 11.3 Å². The Labute approximate surface area is 231 Å². The predicted molar refractivity (Wildman–Crippen MR) is 152 cm³/mol. The van der Waals surface area contributed by atoms with Crippen molar-refractivity contribution in [1.29, 1.82) is 0 Å². The Morgan fingerprint density at radius 2 is 1.69 bits per heavy atom. The number of rotatable bonds is 10. The summed E-state index contributed by atoms with van der Waals surface area (Å²) < 4.78 is 17.9. The number of aromatic nitrogens is 2. The summed E-state index contributed by atoms with van der Waals surface area (Å²) in [6, 6.07) is 15.1. The number of benzene rings is 2. The monoisotopic (exact) mass is 551 g/mol. The van der Waals surface area contributed by atoms with Crippen LogP contribution in [0.2, 0.25) is 0 Å². The van der Waals surface area contributed by atoms with Gasteiger partial charge in [-0.2, -0.15) is 0 Å². The minimum Gasteiger partial charge on any atom is -0.497 e. The first-order valence-electron chi connectivity index (χ1n) is 12.2. The van der Waals surface area contributed by atoms with Crippen molar-refractivity contribution in [3.05, 3.63) is 70.7 Å². The molecular formula is C29H33N3O6S. The lowest BCUT2D eigenvalue weighted by atomic mass is 10.2. The first-order chi connectivity index (χ1) is 18.7. The van der Waals surface area contributed by atoms with E-state index in [1.54, 1.807) is 27.4 Å². The topological polar surface area (TPSA) is 126 Å². The average Bonchev–Trinajstić information content (AvgIpc) is 3.54. The number of thiazole rings is 1. The summed E-state index contributed by atoms with van der Waals surface area (Å²) >= 11 is 1.51. The molecular weight excluding hydrogens is 518 g/mol. The van der Waals surface area contributed by atoms with Gasteiger partial charge in [0.1, 0.15) is 10.8 Å². The van der Waals surface area contributed by atoms with E-state index in [9.17, 15) is 14.7 Å². The molecule has 2 aromatic carbocycles. The molecule has 206 valence electrons. The summed E-state index contributed by atoms with van der Waals surface area (Å²) in [4.78, 5) is 26.5. The van der Waals surface area contributed by atoms with Crippen LogP contribution >= 0.6 is 11.3 Å². The van der Waals surface area contributed by atoms with Gasteiger partial charge < -0.3 is 29.6 Å². The van der Waals surface area contributed by atoms with E-state index in [0.717, 1.165) is 39.7 Å². The van der Waals surface area contributed by atoms with Gasteiger partial charge in [0.25, 0.3) is 0 Å². The highest BCUT2D eigenvalue weighted by Crippen LogP contribution is 2.34. The number of carboxylic acids is 1. The molecule has 3 N–H and O–H groups in total. The third-order valence-corrected chi connectivity index (χ3v) is 6.88. The molecule has 0 fully saturated rings. The van der Waals surface area contributed by atoms with E-state index in [1.807, 2.05) is 66.3 Å². The third kappa shape index (κ3) is 7.17. The lowest BCUT2D eigenvalue weighted by Crippen LogP contribution is -2.08. The van der Waals surface area contributed by atoms with Crippen LogP contribution in [0.4, 0.5) is 0 Å². The number of methoxy groups -OCH3 is 3. The number of carbonyl (C=O) groups excluding carboxylic acids is 1. The van der Waals surface area contributed by atoms with Crippen LogP contribution in [0, 0.1) is 6.92 Å². The maximum Gasteiger partial charge on any atom is 0.337 e. The van der Waals surface area contributed by atoms with E-state index in [4.69, 9.17) is 24.9 Å². The van der Waals surface area contributed by atoms with Crippen LogP contribution in [0.5, 0.6) is 17.2 Å². The van der Waals surface area contributed by atoms with Crippen LogP contribution < -0.4 is 19.9 Å². The zero-order valence-electron chi connectivity index (χ0n) is 22.7. The van der Waals surface area contributed by atoms with E-state index in [1.165, 1.54) is 11.3 Å². The minimum absolute atomic E-state index is 0.211. The van der Waals surface area contributed by atoms with E-state index >= 15 is 0 Å². The second kappa shape index (κ2) is 13.5. The van der Waals surface area contributed by atoms with Gasteiger partial charge in [0, 0.05) is 29.6 Å². The smallest absolute Gasteiger partial charge is 0.337 e. The second-order valence-corrected chi connectivity index (χ2v) is 9.45. The maximum absolute atomic E-state index is 11.9. The van der Waals surface area contributed by atoms with Crippen LogP contribution in [0.3, 0.4) is 0 Å². The molecule has 0 aliphatic rings. The molecule has 0 unspecified atom stereocenters. The van der Waals surface area contributed by atoms with Gasteiger partial charge in [0.05, 0.1) is 38.3 Å². The fraction of sp³-hybridized carbons (Fsp3) is 0.276. The number of aromatic carboxylic acids is 1. The third-order valence-electron chi connectivity index (χ3n) is 5.99. The SMILES string of the molecule is CCCC(N)=O.COc1ccc(-c2nc(-c3cc(C(=O)O)c(C)n3Cc3ccc(OC)c(OC)c3)cs2)cc1. The first-order valence-corrected chi connectivity index (χ1v) is 13.1. The summed E-state index contributed by atoms with van der Waals surface area (Å²) in [5.74, 6) is 0.861. The van der Waals surface area contributed by atoms with Crippen molar-refractivity contribution >= 4 is 23.2 Å². The van der Waals surface area contributed by atoms with Crippen molar-refractivity contribution in [1.82, 2.24) is 9.55 Å². The fourth-order valence-corrected chi connectivity index (χ4v) is 4.76. The van der Waals surface area contributed by atoms with Crippen molar-refractivity contribution in [2.24, 2.45) is 5.73 Å². The van der Waals surface area contributed by atoms with Gasteiger partial charge in [0.15, 0.2) is 11.5 Å². The maximum atomic E-state index is 11.9. The molecule has 0 saturated carbocycles. The predicted octanol–water partition coefficient (Wildman–Crippen LogP) is 5.63. The normalized spacial score (nSPS) is 10.4. The summed E-state index contributed by atoms with van der Waals surface area (Å²) in [5.41, 5.74) is 9.07. The summed E-state index contributed by atoms with van der Waals surface area (Å²) in [6.07, 6.45) is 1.37. The van der Waals surface area contributed by atoms with E-state index in [0.29, 0.717) is 30.2 Å². The molecule has 4 rings (SSSR count). The van der Waals surface area contributed by atoms with E-state index in [2.05, 4.69) is 0 Å². The molecule has 10 heteroatoms. The van der Waals surface area contributed by atoms with Crippen molar-refractivity contribution in [3.8, 4) is 39.2 Å². The highest BCUT2D eigenvalue weighted by atomic mass is 32.1. The summed E-state index contributed by atoms with van der Waals surface area (Å²) in [6.45, 7) is 4.19. The van der Waals surface area contributed by atoms with Crippen LogP contribution in [0.1, 0.15) is 41.4 Å². The number of nitrogens with zero attached hydrogens (tertiary/aromatic N) is 2. The van der Waals surface area contributed by atoms with E-state index in [-0.39, 0.29) is 11.5 Å². The molecule has 0 atom stereocenters. The molecule has 2 heterocycles. The molecule has 0 spiro atoms. The largest absolute Gasteiger partial charge is 0.497 e. The Hall–Kier alpha value is -4.31. The molecule has 0 saturated heterocycles. The van der Waals surface area contributed by atoms with Gasteiger partial charge in [-0.1, -0.05) is 13.0 Å². The molecule has 0 aliphatic heterocycles. The highest BCUT2D eigenvalue weighted by molar-refractivity contribution is 7.13. The number of carboxylic acid groups (broad SMARTS) is 1. The molecule has 0 aliphatic carbocycles. The van der Waals surface area contributed by atoms with Gasteiger partial charge in [0.2, 0.25) is 5.91 Å². The van der Waals surface area contributed by atoms with Crippen LogP contribution in [0.15, 0.2) is 53.9 Å². The Bertz CT molecular complexity index is 1430. The quantitative estimate of drug-likeness (QED) is 0.262. The lowest BCUT2D eigenvalue weighted by Gasteiger charge is -2.13. The summed E-state index contributed by atoms with van der Waals surface area (Å²) in [7, 11) is 4.81. The standard InChI is InChI=1S/C25H24N2O5S.C4H9NO/c1-15-19(25(28)29)12-21(27(15)13-16-5-10-22(31-3)23(11-16)32-4)20-14-33-24(26-20)17-6-8-18(30-2)9-7-17;1-2-3-4(5)6/h5-12,14H,13H2,1-4H3,(H,28,29);2-3H2,1H3,(H2,5,6). The zero-order chi connectivity index (χ0) is 28.5. The minimum atomic E-state index is -0.967. The van der Waals surface area contributed by atoms with Crippen LogP contribution in [0.25, 0.3) is 22.0 Å². The first kappa shape index (κ1) is 29.2. The molecule has 2 aromatic heterocycles. The number of ether oxygens (including phenoxy) is 3. The van der Waals surface area contributed by atoms with Crippen molar-refractivity contribution in [2.75, 3.05) is 21.3 Å². The number of primary amides is 1. The number of hydrogen-bond donors (Lipinski definition) is 2. The van der Waals surface area contributed by atoms with Crippen LogP contribution in [-0.2, 0) is 11.3 Å². The van der Waals surface area contributed by atoms with Gasteiger partial charge in [-0.3, -0.25) is 4.79 Å². The zero-order valence-corrected chi connectivity index (χ0v) is 23.5. The van der Waals surface area contributed by atoms with E-state index < -0.39 is 5.97 Å². The number of amides is 1. The Morgan fingerprint density at radius 1 is 1.00 bits per heavy atom. The Kier molecular flexibility index (Phi) is 10.1. The summed E-state index contributed by atoms with van der Waals surface area (Å²) in [5, 5.41) is 12.5. The molecule has 0 radical (unpaired) electrons. The molecule has 9 nitrogen and oxygen atoms in total. The fourth-order valence-electron chi connectivity index (χ4n) is 3.94.